The molecule has 1 rings (SSSR count). The van der Waals surface area contributed by atoms with Crippen LogP contribution < -0.4 is 0 Å². The lowest BCUT2D eigenvalue weighted by atomic mass is 9.84. The normalized spacial score (nSPS) is 17.2. The molecule has 0 aliphatic heterocycles. The number of aliphatic hydroxyl groups excluding tert-OH is 1. The first-order chi connectivity index (χ1) is 20.1. The summed E-state index contributed by atoms with van der Waals surface area (Å²) in [5, 5.41) is 9.44. The molecule has 1 aliphatic rings. The number of unbranched alkanes of at least 4 members (excludes halogenated alkanes) is 13. The lowest BCUT2D eigenvalue weighted by Gasteiger charge is -2.28. The van der Waals surface area contributed by atoms with Gasteiger partial charge >= 0.3 is 11.9 Å². The van der Waals surface area contributed by atoms with Crippen molar-refractivity contribution < 1.29 is 24.2 Å². The third-order valence-corrected chi connectivity index (χ3v) is 8.70. The van der Waals surface area contributed by atoms with Crippen LogP contribution in [0.25, 0.3) is 0 Å². The van der Waals surface area contributed by atoms with Gasteiger partial charge in [-0.25, -0.2) is 0 Å². The Hall–Kier alpha value is -1.14. The second-order valence-corrected chi connectivity index (χ2v) is 12.5. The lowest BCUT2D eigenvalue weighted by Crippen LogP contribution is -2.29. The van der Waals surface area contributed by atoms with Gasteiger partial charge in [0.1, 0.15) is 6.10 Å². The highest BCUT2D eigenvalue weighted by atomic mass is 16.5. The van der Waals surface area contributed by atoms with Crippen molar-refractivity contribution in [3.05, 3.63) is 0 Å². The molecular formula is C35H67NO5. The van der Waals surface area contributed by atoms with Gasteiger partial charge in [-0.2, -0.15) is 0 Å². The van der Waals surface area contributed by atoms with Crippen LogP contribution in [0.2, 0.25) is 0 Å². The number of nitrogens with zero attached hydrogens (tertiary/aromatic N) is 1. The molecule has 0 unspecified atom stereocenters. The van der Waals surface area contributed by atoms with Crippen LogP contribution in [0.1, 0.15) is 168 Å². The number of rotatable bonds is 28. The summed E-state index contributed by atoms with van der Waals surface area (Å²) in [5.41, 5.74) is 0. The molecule has 0 spiro atoms. The van der Waals surface area contributed by atoms with Gasteiger partial charge in [0.25, 0.3) is 0 Å². The van der Waals surface area contributed by atoms with E-state index in [-0.39, 0.29) is 24.6 Å². The van der Waals surface area contributed by atoms with Gasteiger partial charge in [0.05, 0.1) is 13.2 Å². The van der Waals surface area contributed by atoms with Crippen molar-refractivity contribution in [2.24, 2.45) is 5.92 Å². The van der Waals surface area contributed by atoms with E-state index in [1.165, 1.54) is 64.2 Å². The SMILES string of the molecule is CCCCCCCCOC(=O)CCCCCCCN(CCO)CCCCCC(=O)OC1CCC(CCCCC)CC1. The van der Waals surface area contributed by atoms with Crippen molar-refractivity contribution in [2.45, 2.75) is 174 Å². The van der Waals surface area contributed by atoms with Gasteiger partial charge in [-0.3, -0.25) is 9.59 Å². The van der Waals surface area contributed by atoms with Gasteiger partial charge in [-0.1, -0.05) is 97.3 Å². The van der Waals surface area contributed by atoms with Crippen LogP contribution in [0.15, 0.2) is 0 Å². The average Bonchev–Trinajstić information content (AvgIpc) is 2.97. The van der Waals surface area contributed by atoms with Crippen molar-refractivity contribution in [1.29, 1.82) is 0 Å². The molecule has 242 valence electrons. The Labute approximate surface area is 253 Å². The van der Waals surface area contributed by atoms with Crippen LogP contribution in [-0.4, -0.2) is 60.9 Å². The molecule has 6 heteroatoms. The maximum atomic E-state index is 12.3. The van der Waals surface area contributed by atoms with Crippen LogP contribution in [0.5, 0.6) is 0 Å². The van der Waals surface area contributed by atoms with E-state index in [9.17, 15) is 14.7 Å². The number of esters is 2. The Bertz CT molecular complexity index is 605. The van der Waals surface area contributed by atoms with Crippen molar-refractivity contribution in [3.63, 3.8) is 0 Å². The topological polar surface area (TPSA) is 76.1 Å². The largest absolute Gasteiger partial charge is 0.466 e. The third-order valence-electron chi connectivity index (χ3n) is 8.70. The number of aliphatic hydroxyl groups is 1. The Morgan fingerprint density at radius 3 is 1.83 bits per heavy atom. The minimum Gasteiger partial charge on any atom is -0.466 e. The monoisotopic (exact) mass is 582 g/mol. The molecule has 0 bridgehead atoms. The van der Waals surface area contributed by atoms with Gasteiger partial charge in [-0.05, 0) is 76.8 Å². The van der Waals surface area contributed by atoms with Crippen molar-refractivity contribution in [1.82, 2.24) is 4.90 Å². The van der Waals surface area contributed by atoms with E-state index >= 15 is 0 Å². The number of hydrogen-bond acceptors (Lipinski definition) is 6. The smallest absolute Gasteiger partial charge is 0.306 e. The quantitative estimate of drug-likeness (QED) is 0.0735. The molecule has 6 nitrogen and oxygen atoms in total. The summed E-state index contributed by atoms with van der Waals surface area (Å²) < 4.78 is 11.1. The van der Waals surface area contributed by atoms with E-state index in [1.54, 1.807) is 0 Å². The first kappa shape index (κ1) is 37.9. The molecular weight excluding hydrogens is 514 g/mol. The van der Waals surface area contributed by atoms with Gasteiger partial charge in [-0.15, -0.1) is 0 Å². The van der Waals surface area contributed by atoms with Crippen LogP contribution in [-0.2, 0) is 19.1 Å². The fourth-order valence-electron chi connectivity index (χ4n) is 6.00. The van der Waals surface area contributed by atoms with Crippen molar-refractivity contribution in [2.75, 3.05) is 32.8 Å². The van der Waals surface area contributed by atoms with Crippen LogP contribution in [0.4, 0.5) is 0 Å². The molecule has 0 aromatic rings. The molecule has 0 radical (unpaired) electrons. The highest BCUT2D eigenvalue weighted by Crippen LogP contribution is 2.30. The molecule has 0 amide bonds. The molecule has 41 heavy (non-hydrogen) atoms. The third kappa shape index (κ3) is 23.0. The molecule has 1 saturated carbocycles. The summed E-state index contributed by atoms with van der Waals surface area (Å²) in [6.45, 7) is 7.94. The highest BCUT2D eigenvalue weighted by molar-refractivity contribution is 5.69. The van der Waals surface area contributed by atoms with Gasteiger partial charge in [0.15, 0.2) is 0 Å². The van der Waals surface area contributed by atoms with Crippen molar-refractivity contribution >= 4 is 11.9 Å². The van der Waals surface area contributed by atoms with Crippen LogP contribution in [0, 0.1) is 5.92 Å². The fourth-order valence-corrected chi connectivity index (χ4v) is 6.00. The molecule has 1 N–H and O–H groups in total. The van der Waals surface area contributed by atoms with E-state index in [0.717, 1.165) is 96.1 Å². The van der Waals surface area contributed by atoms with Gasteiger partial charge in [0, 0.05) is 19.4 Å². The second-order valence-electron chi connectivity index (χ2n) is 12.5. The Morgan fingerprint density at radius 1 is 0.634 bits per heavy atom. The van der Waals surface area contributed by atoms with E-state index in [1.807, 2.05) is 0 Å². The standard InChI is InChI=1S/C35H67NO5/c1-3-5-7-8-12-19-31-40-34(38)21-15-10-9-11-17-27-36(29-30-37)28-18-13-16-22-35(39)41-33-25-23-32(24-26-33)20-14-6-4-2/h32-33,37H,3-31H2,1-2H3. The van der Waals surface area contributed by atoms with E-state index in [0.29, 0.717) is 26.0 Å². The van der Waals surface area contributed by atoms with Crippen molar-refractivity contribution in [3.8, 4) is 0 Å². The van der Waals surface area contributed by atoms with E-state index < -0.39 is 0 Å². The van der Waals surface area contributed by atoms with E-state index in [4.69, 9.17) is 9.47 Å². The molecule has 0 heterocycles. The van der Waals surface area contributed by atoms with Gasteiger partial charge in [0.2, 0.25) is 0 Å². The van der Waals surface area contributed by atoms with Crippen LogP contribution >= 0.6 is 0 Å². The molecule has 0 atom stereocenters. The van der Waals surface area contributed by atoms with Gasteiger partial charge < -0.3 is 19.5 Å². The molecule has 0 aromatic heterocycles. The first-order valence-corrected chi connectivity index (χ1v) is 17.8. The lowest BCUT2D eigenvalue weighted by molar-refractivity contribution is -0.151. The summed E-state index contributed by atoms with van der Waals surface area (Å²) in [4.78, 5) is 26.5. The number of hydrogen-bond donors (Lipinski definition) is 1. The zero-order valence-corrected chi connectivity index (χ0v) is 27.2. The summed E-state index contributed by atoms with van der Waals surface area (Å²) in [6, 6.07) is 0. The minimum absolute atomic E-state index is 0.0160. The molecule has 1 aliphatic carbocycles. The molecule has 1 fully saturated rings. The van der Waals surface area contributed by atoms with Crippen LogP contribution in [0.3, 0.4) is 0 Å². The Morgan fingerprint density at radius 2 is 1.17 bits per heavy atom. The maximum absolute atomic E-state index is 12.3. The Balaban J connectivity index is 1.97. The minimum atomic E-state index is -0.0405. The zero-order chi connectivity index (χ0) is 29.8. The number of carbonyl (C=O) groups excluding carboxylic acids is 2. The average molecular weight is 582 g/mol. The summed E-state index contributed by atoms with van der Waals surface area (Å²) >= 11 is 0. The highest BCUT2D eigenvalue weighted by Gasteiger charge is 2.23. The number of carbonyl (C=O) groups is 2. The molecule has 0 aromatic carbocycles. The second kappa shape index (κ2) is 27.7. The predicted molar refractivity (Wildman–Crippen MR) is 170 cm³/mol. The molecule has 0 saturated heterocycles. The summed E-state index contributed by atoms with van der Waals surface area (Å²) in [7, 11) is 0. The van der Waals surface area contributed by atoms with E-state index in [2.05, 4.69) is 18.7 Å². The number of ether oxygens (including phenoxy) is 2. The summed E-state index contributed by atoms with van der Waals surface area (Å²) in [6.07, 6.45) is 26.7. The fraction of sp³-hybridized carbons (Fsp3) is 0.943. The first-order valence-electron chi connectivity index (χ1n) is 17.8. The maximum Gasteiger partial charge on any atom is 0.306 e. The zero-order valence-electron chi connectivity index (χ0n) is 27.2. The summed E-state index contributed by atoms with van der Waals surface area (Å²) in [5.74, 6) is 0.785. The Kier molecular flexibility index (Phi) is 25.6. The predicted octanol–water partition coefficient (Wildman–Crippen LogP) is 8.77.